The van der Waals surface area contributed by atoms with E-state index < -0.39 is 6.09 Å². The number of nitrogens with two attached hydrogens (primary N) is 1. The number of aryl methyl sites for hydroxylation is 1. The summed E-state index contributed by atoms with van der Waals surface area (Å²) >= 11 is 0. The van der Waals surface area contributed by atoms with Gasteiger partial charge in [-0.1, -0.05) is 0 Å². The SMILES string of the molecule is CCOC(=O)Nc1c(C(=N)N)cnn1C. The van der Waals surface area contributed by atoms with E-state index >= 15 is 0 Å². The van der Waals surface area contributed by atoms with E-state index in [0.717, 1.165) is 0 Å². The fraction of sp³-hybridized carbons (Fsp3) is 0.375. The van der Waals surface area contributed by atoms with E-state index in [1.807, 2.05) is 0 Å². The molecule has 1 rings (SSSR count). The molecule has 0 fully saturated rings. The molecule has 0 spiro atoms. The molecule has 0 saturated carbocycles. The zero-order valence-corrected chi connectivity index (χ0v) is 8.57. The number of nitrogen functional groups attached to an aromatic ring is 1. The van der Waals surface area contributed by atoms with E-state index in [4.69, 9.17) is 15.9 Å². The largest absolute Gasteiger partial charge is 0.450 e. The lowest BCUT2D eigenvalue weighted by atomic mass is 10.3. The molecule has 0 aliphatic rings. The van der Waals surface area contributed by atoms with Gasteiger partial charge in [0.25, 0.3) is 0 Å². The zero-order chi connectivity index (χ0) is 11.4. The lowest BCUT2D eigenvalue weighted by Crippen LogP contribution is -2.19. The van der Waals surface area contributed by atoms with Crippen LogP contribution in [0, 0.1) is 5.41 Å². The van der Waals surface area contributed by atoms with Crippen LogP contribution in [0.5, 0.6) is 0 Å². The fourth-order valence-electron chi connectivity index (χ4n) is 1.05. The van der Waals surface area contributed by atoms with Crippen molar-refractivity contribution in [2.24, 2.45) is 12.8 Å². The Morgan fingerprint density at radius 3 is 3.00 bits per heavy atom. The monoisotopic (exact) mass is 211 g/mol. The maximum absolute atomic E-state index is 11.2. The molecular weight excluding hydrogens is 198 g/mol. The van der Waals surface area contributed by atoms with Gasteiger partial charge in [0.05, 0.1) is 18.4 Å². The lowest BCUT2D eigenvalue weighted by Gasteiger charge is -2.07. The Balaban J connectivity index is 2.88. The number of rotatable bonds is 3. The highest BCUT2D eigenvalue weighted by Crippen LogP contribution is 2.13. The van der Waals surface area contributed by atoms with E-state index in [1.165, 1.54) is 10.9 Å². The Labute approximate surface area is 86.7 Å². The number of aromatic nitrogens is 2. The third-order valence-electron chi connectivity index (χ3n) is 1.72. The number of carbonyl (C=O) groups excluding carboxylic acids is 1. The number of hydrogen-bond acceptors (Lipinski definition) is 4. The molecule has 4 N–H and O–H groups in total. The van der Waals surface area contributed by atoms with Crippen LogP contribution in [0.2, 0.25) is 0 Å². The van der Waals surface area contributed by atoms with Crippen LogP contribution in [0.1, 0.15) is 12.5 Å². The summed E-state index contributed by atoms with van der Waals surface area (Å²) in [5.74, 6) is 0.191. The molecule has 0 aromatic carbocycles. The minimum atomic E-state index is -0.594. The summed E-state index contributed by atoms with van der Waals surface area (Å²) in [5, 5.41) is 13.6. The molecule has 1 heterocycles. The molecule has 1 aromatic rings. The van der Waals surface area contributed by atoms with Crippen molar-refractivity contribution in [2.75, 3.05) is 11.9 Å². The highest BCUT2D eigenvalue weighted by atomic mass is 16.5. The van der Waals surface area contributed by atoms with Gasteiger partial charge < -0.3 is 10.5 Å². The molecule has 0 bridgehead atoms. The first-order valence-corrected chi connectivity index (χ1v) is 4.36. The summed E-state index contributed by atoms with van der Waals surface area (Å²) in [7, 11) is 1.63. The van der Waals surface area contributed by atoms with Crippen molar-refractivity contribution in [3.63, 3.8) is 0 Å². The zero-order valence-electron chi connectivity index (χ0n) is 8.57. The van der Waals surface area contributed by atoms with Crippen molar-refractivity contribution in [3.8, 4) is 0 Å². The van der Waals surface area contributed by atoms with Crippen molar-refractivity contribution >= 4 is 17.7 Å². The van der Waals surface area contributed by atoms with Gasteiger partial charge in [-0.3, -0.25) is 15.4 Å². The molecule has 0 radical (unpaired) electrons. The fourth-order valence-corrected chi connectivity index (χ4v) is 1.05. The van der Waals surface area contributed by atoms with Crippen molar-refractivity contribution < 1.29 is 9.53 Å². The van der Waals surface area contributed by atoms with Crippen molar-refractivity contribution in [3.05, 3.63) is 11.8 Å². The summed E-state index contributed by atoms with van der Waals surface area (Å²) in [6.07, 6.45) is 0.813. The van der Waals surface area contributed by atoms with E-state index in [0.29, 0.717) is 11.4 Å². The van der Waals surface area contributed by atoms with Crippen molar-refractivity contribution in [2.45, 2.75) is 6.92 Å². The number of hydrogen-bond donors (Lipinski definition) is 3. The second kappa shape index (κ2) is 4.45. The number of nitrogens with zero attached hydrogens (tertiary/aromatic N) is 2. The Morgan fingerprint density at radius 1 is 1.80 bits per heavy atom. The number of nitrogens with one attached hydrogen (secondary N) is 2. The summed E-state index contributed by atoms with van der Waals surface area (Å²) in [4.78, 5) is 11.2. The molecule has 0 aliphatic heterocycles. The maximum Gasteiger partial charge on any atom is 0.412 e. The third-order valence-corrected chi connectivity index (χ3v) is 1.72. The van der Waals surface area contributed by atoms with Crippen molar-refractivity contribution in [1.82, 2.24) is 9.78 Å². The van der Waals surface area contributed by atoms with Crippen LogP contribution in [0.3, 0.4) is 0 Å². The molecule has 15 heavy (non-hydrogen) atoms. The van der Waals surface area contributed by atoms with Gasteiger partial charge in [-0.2, -0.15) is 5.10 Å². The maximum atomic E-state index is 11.2. The second-order valence-electron chi connectivity index (χ2n) is 2.79. The minimum absolute atomic E-state index is 0.158. The summed E-state index contributed by atoms with van der Waals surface area (Å²) in [6, 6.07) is 0. The quantitative estimate of drug-likeness (QED) is 0.493. The van der Waals surface area contributed by atoms with Gasteiger partial charge in [0.1, 0.15) is 11.7 Å². The van der Waals surface area contributed by atoms with Crippen molar-refractivity contribution in [1.29, 1.82) is 5.41 Å². The number of carbonyl (C=O) groups is 1. The number of amides is 1. The number of anilines is 1. The molecule has 0 saturated heterocycles. The molecule has 1 aromatic heterocycles. The lowest BCUT2D eigenvalue weighted by molar-refractivity contribution is 0.167. The molecular formula is C8H13N5O2. The molecule has 0 unspecified atom stereocenters. The van der Waals surface area contributed by atoms with Gasteiger partial charge in [-0.25, -0.2) is 4.79 Å². The molecule has 82 valence electrons. The van der Waals surface area contributed by atoms with E-state index in [-0.39, 0.29) is 12.4 Å². The molecule has 0 aliphatic carbocycles. The number of amidine groups is 1. The Hall–Kier alpha value is -2.05. The predicted molar refractivity (Wildman–Crippen MR) is 54.9 cm³/mol. The molecule has 0 atom stereocenters. The van der Waals surface area contributed by atoms with Crippen LogP contribution in [0.15, 0.2) is 6.20 Å². The molecule has 7 nitrogen and oxygen atoms in total. The first-order valence-electron chi connectivity index (χ1n) is 4.36. The Bertz CT molecular complexity index is 384. The Morgan fingerprint density at radius 2 is 2.47 bits per heavy atom. The van der Waals surface area contributed by atoms with Gasteiger partial charge in [0, 0.05) is 7.05 Å². The van der Waals surface area contributed by atoms with Crippen LogP contribution >= 0.6 is 0 Å². The van der Waals surface area contributed by atoms with E-state index in [1.54, 1.807) is 14.0 Å². The van der Waals surface area contributed by atoms with E-state index in [2.05, 4.69) is 10.4 Å². The predicted octanol–water partition coefficient (Wildman–Crippen LogP) is 0.273. The van der Waals surface area contributed by atoms with Gasteiger partial charge in [0.2, 0.25) is 0 Å². The van der Waals surface area contributed by atoms with Crippen LogP contribution in [-0.2, 0) is 11.8 Å². The number of ether oxygens (including phenoxy) is 1. The summed E-state index contributed by atoms with van der Waals surface area (Å²) in [5.41, 5.74) is 5.68. The highest BCUT2D eigenvalue weighted by molar-refractivity contribution is 6.02. The highest BCUT2D eigenvalue weighted by Gasteiger charge is 2.13. The van der Waals surface area contributed by atoms with Crippen LogP contribution in [0.4, 0.5) is 10.6 Å². The Kier molecular flexibility index (Phi) is 3.27. The average molecular weight is 211 g/mol. The summed E-state index contributed by atoms with van der Waals surface area (Å²) in [6.45, 7) is 1.98. The topological polar surface area (TPSA) is 106 Å². The first kappa shape index (κ1) is 11.0. The summed E-state index contributed by atoms with van der Waals surface area (Å²) < 4.78 is 6.11. The third kappa shape index (κ3) is 2.46. The van der Waals surface area contributed by atoms with Gasteiger partial charge in [0.15, 0.2) is 0 Å². The standard InChI is InChI=1S/C8H13N5O2/c1-3-15-8(14)12-7-5(6(9)10)4-11-13(7)2/h4H,3H2,1-2H3,(H3,9,10)(H,12,14). The van der Waals surface area contributed by atoms with E-state index in [9.17, 15) is 4.79 Å². The molecule has 1 amide bonds. The van der Waals surface area contributed by atoms with Crippen LogP contribution < -0.4 is 11.1 Å². The van der Waals surface area contributed by atoms with Gasteiger partial charge in [-0.05, 0) is 6.92 Å². The normalized spacial score (nSPS) is 9.73. The molecule has 7 heteroatoms. The average Bonchev–Trinajstić information content (AvgIpc) is 2.48. The minimum Gasteiger partial charge on any atom is -0.450 e. The van der Waals surface area contributed by atoms with Crippen LogP contribution in [0.25, 0.3) is 0 Å². The van der Waals surface area contributed by atoms with Gasteiger partial charge >= 0.3 is 6.09 Å². The smallest absolute Gasteiger partial charge is 0.412 e. The second-order valence-corrected chi connectivity index (χ2v) is 2.79. The van der Waals surface area contributed by atoms with Gasteiger partial charge in [-0.15, -0.1) is 0 Å². The first-order chi connectivity index (χ1) is 7.06. The van der Waals surface area contributed by atoms with Crippen LogP contribution in [-0.4, -0.2) is 28.3 Å².